The average Bonchev–Trinajstić information content (AvgIpc) is 3.43. The van der Waals surface area contributed by atoms with Crippen molar-refractivity contribution in [1.82, 2.24) is 0 Å². The van der Waals surface area contributed by atoms with Crippen LogP contribution < -0.4 is 0 Å². The maximum Gasteiger partial charge on any atom is 0.338 e. The second-order valence-corrected chi connectivity index (χ2v) is 6.37. The van der Waals surface area contributed by atoms with Gasteiger partial charge < -0.3 is 4.74 Å². The monoisotopic (exact) mass is 308 g/mol. The van der Waals surface area contributed by atoms with Gasteiger partial charge >= 0.3 is 5.97 Å². The first kappa shape index (κ1) is 15.8. The summed E-state index contributed by atoms with van der Waals surface area (Å²) in [6.07, 6.45) is 7.61. The van der Waals surface area contributed by atoms with Crippen LogP contribution in [0.25, 0.3) is 11.1 Å². The molecule has 1 saturated carbocycles. The van der Waals surface area contributed by atoms with Crippen LogP contribution in [0.5, 0.6) is 0 Å². The van der Waals surface area contributed by atoms with E-state index in [9.17, 15) is 4.79 Å². The Morgan fingerprint density at radius 1 is 0.870 bits per heavy atom. The summed E-state index contributed by atoms with van der Waals surface area (Å²) >= 11 is 0. The van der Waals surface area contributed by atoms with Gasteiger partial charge in [0, 0.05) is 0 Å². The molecule has 1 fully saturated rings. The molecule has 0 N–H and O–H groups in total. The van der Waals surface area contributed by atoms with Crippen LogP contribution >= 0.6 is 0 Å². The van der Waals surface area contributed by atoms with E-state index in [4.69, 9.17) is 4.74 Å². The number of hydrogen-bond donors (Lipinski definition) is 0. The molecule has 2 aromatic rings. The standard InChI is InChI=1S/C21H24O2/c22-21(23-16-6-2-3-7-17-10-11-17)20-14-12-19(13-15-20)18-8-4-1-5-9-18/h1,4-5,8-9,12-15,17H,2-3,6-7,10-11,16H2. The zero-order chi connectivity index (χ0) is 15.9. The number of esters is 1. The van der Waals surface area contributed by atoms with E-state index in [1.54, 1.807) is 0 Å². The summed E-state index contributed by atoms with van der Waals surface area (Å²) in [7, 11) is 0. The van der Waals surface area contributed by atoms with Gasteiger partial charge in [0.2, 0.25) is 0 Å². The van der Waals surface area contributed by atoms with Crippen molar-refractivity contribution in [3.8, 4) is 11.1 Å². The fourth-order valence-electron chi connectivity index (χ4n) is 2.80. The van der Waals surface area contributed by atoms with Gasteiger partial charge in [-0.3, -0.25) is 0 Å². The quantitative estimate of drug-likeness (QED) is 0.477. The Balaban J connectivity index is 1.42. The molecule has 1 aliphatic rings. The highest BCUT2D eigenvalue weighted by molar-refractivity contribution is 5.90. The molecule has 0 bridgehead atoms. The normalized spacial score (nSPS) is 13.7. The highest BCUT2D eigenvalue weighted by atomic mass is 16.5. The molecule has 0 aliphatic heterocycles. The summed E-state index contributed by atoms with van der Waals surface area (Å²) in [6.45, 7) is 0.532. The van der Waals surface area contributed by atoms with Crippen molar-refractivity contribution in [1.29, 1.82) is 0 Å². The number of unbranched alkanes of at least 4 members (excludes halogenated alkanes) is 2. The number of rotatable bonds is 8. The summed E-state index contributed by atoms with van der Waals surface area (Å²) < 4.78 is 5.36. The number of ether oxygens (including phenoxy) is 1. The van der Waals surface area contributed by atoms with Gasteiger partial charge in [-0.15, -0.1) is 0 Å². The van der Waals surface area contributed by atoms with E-state index < -0.39 is 0 Å². The minimum absolute atomic E-state index is 0.216. The zero-order valence-electron chi connectivity index (χ0n) is 13.5. The van der Waals surface area contributed by atoms with Crippen LogP contribution in [0.15, 0.2) is 54.6 Å². The SMILES string of the molecule is O=C(OCCCCCC1CC1)c1ccc(-c2ccccc2)cc1. The molecule has 2 nitrogen and oxygen atoms in total. The molecular weight excluding hydrogens is 284 g/mol. The molecule has 0 saturated heterocycles. The van der Waals surface area contributed by atoms with E-state index in [0.717, 1.165) is 29.9 Å². The van der Waals surface area contributed by atoms with Crippen LogP contribution in [0.1, 0.15) is 48.9 Å². The van der Waals surface area contributed by atoms with Gasteiger partial charge in [-0.1, -0.05) is 74.6 Å². The first-order valence-corrected chi connectivity index (χ1v) is 8.65. The Morgan fingerprint density at radius 2 is 1.57 bits per heavy atom. The highest BCUT2D eigenvalue weighted by Crippen LogP contribution is 2.33. The molecule has 120 valence electrons. The maximum absolute atomic E-state index is 12.0. The molecule has 0 spiro atoms. The fourth-order valence-corrected chi connectivity index (χ4v) is 2.80. The van der Waals surface area contributed by atoms with E-state index in [2.05, 4.69) is 12.1 Å². The van der Waals surface area contributed by atoms with Gasteiger partial charge in [-0.05, 0) is 35.6 Å². The first-order chi connectivity index (χ1) is 11.3. The van der Waals surface area contributed by atoms with Crippen molar-refractivity contribution in [2.75, 3.05) is 6.61 Å². The third-order valence-corrected chi connectivity index (χ3v) is 4.41. The van der Waals surface area contributed by atoms with Gasteiger partial charge in [-0.25, -0.2) is 4.79 Å². The molecule has 0 radical (unpaired) electrons. The lowest BCUT2D eigenvalue weighted by molar-refractivity contribution is 0.0497. The summed E-state index contributed by atoms with van der Waals surface area (Å²) in [5.41, 5.74) is 2.90. The van der Waals surface area contributed by atoms with Gasteiger partial charge in [0.15, 0.2) is 0 Å². The lowest BCUT2D eigenvalue weighted by Crippen LogP contribution is -2.06. The van der Waals surface area contributed by atoms with E-state index in [1.807, 2.05) is 42.5 Å². The Hall–Kier alpha value is -2.09. The lowest BCUT2D eigenvalue weighted by Gasteiger charge is -2.06. The summed E-state index contributed by atoms with van der Waals surface area (Å²) in [5.74, 6) is 0.785. The number of benzene rings is 2. The molecule has 0 amide bonds. The summed E-state index contributed by atoms with van der Waals surface area (Å²) in [6, 6.07) is 17.8. The van der Waals surface area contributed by atoms with E-state index >= 15 is 0 Å². The Morgan fingerprint density at radius 3 is 2.26 bits per heavy atom. The molecule has 0 unspecified atom stereocenters. The van der Waals surface area contributed by atoms with Crippen LogP contribution in [0.3, 0.4) is 0 Å². The molecule has 0 atom stereocenters. The van der Waals surface area contributed by atoms with E-state index in [-0.39, 0.29) is 5.97 Å². The fraction of sp³-hybridized carbons (Fsp3) is 0.381. The van der Waals surface area contributed by atoms with Crippen LogP contribution in [-0.2, 0) is 4.74 Å². The van der Waals surface area contributed by atoms with Crippen molar-refractivity contribution in [2.24, 2.45) is 5.92 Å². The van der Waals surface area contributed by atoms with E-state index in [1.165, 1.54) is 25.7 Å². The highest BCUT2D eigenvalue weighted by Gasteiger charge is 2.19. The predicted molar refractivity (Wildman–Crippen MR) is 93.4 cm³/mol. The molecule has 3 rings (SSSR count). The van der Waals surface area contributed by atoms with Gasteiger partial charge in [0.05, 0.1) is 12.2 Å². The molecule has 0 heterocycles. The molecule has 0 aromatic heterocycles. The van der Waals surface area contributed by atoms with E-state index in [0.29, 0.717) is 12.2 Å². The maximum atomic E-state index is 12.0. The van der Waals surface area contributed by atoms with Crippen molar-refractivity contribution in [3.05, 3.63) is 60.2 Å². The number of hydrogen-bond acceptors (Lipinski definition) is 2. The second-order valence-electron chi connectivity index (χ2n) is 6.37. The van der Waals surface area contributed by atoms with Crippen LogP contribution in [0.4, 0.5) is 0 Å². The predicted octanol–water partition coefficient (Wildman–Crippen LogP) is 5.48. The summed E-state index contributed by atoms with van der Waals surface area (Å²) in [4.78, 5) is 12.0. The van der Waals surface area contributed by atoms with Crippen LogP contribution in [0, 0.1) is 5.92 Å². The van der Waals surface area contributed by atoms with Crippen molar-refractivity contribution < 1.29 is 9.53 Å². The molecule has 2 heteroatoms. The second kappa shape index (κ2) is 7.96. The van der Waals surface area contributed by atoms with Gasteiger partial charge in [0.1, 0.15) is 0 Å². The minimum Gasteiger partial charge on any atom is -0.462 e. The number of carbonyl (C=O) groups excluding carboxylic acids is 1. The zero-order valence-corrected chi connectivity index (χ0v) is 13.5. The van der Waals surface area contributed by atoms with Crippen LogP contribution in [0.2, 0.25) is 0 Å². The smallest absolute Gasteiger partial charge is 0.338 e. The Labute approximate surface area is 138 Å². The van der Waals surface area contributed by atoms with Crippen molar-refractivity contribution >= 4 is 5.97 Å². The Kier molecular flexibility index (Phi) is 5.46. The molecule has 1 aliphatic carbocycles. The average molecular weight is 308 g/mol. The van der Waals surface area contributed by atoms with Crippen LogP contribution in [-0.4, -0.2) is 12.6 Å². The molecular formula is C21H24O2. The van der Waals surface area contributed by atoms with Crippen molar-refractivity contribution in [2.45, 2.75) is 38.5 Å². The Bertz CT molecular complexity index is 612. The molecule has 2 aromatic carbocycles. The molecule has 23 heavy (non-hydrogen) atoms. The number of carbonyl (C=O) groups is 1. The third-order valence-electron chi connectivity index (χ3n) is 4.41. The largest absolute Gasteiger partial charge is 0.462 e. The third kappa shape index (κ3) is 4.95. The van der Waals surface area contributed by atoms with Gasteiger partial charge in [-0.2, -0.15) is 0 Å². The minimum atomic E-state index is -0.216. The van der Waals surface area contributed by atoms with Gasteiger partial charge in [0.25, 0.3) is 0 Å². The topological polar surface area (TPSA) is 26.3 Å². The first-order valence-electron chi connectivity index (χ1n) is 8.65. The van der Waals surface area contributed by atoms with Crippen molar-refractivity contribution in [3.63, 3.8) is 0 Å². The lowest BCUT2D eigenvalue weighted by atomic mass is 10.0. The summed E-state index contributed by atoms with van der Waals surface area (Å²) in [5, 5.41) is 0.